The minimum atomic E-state index is 0.795. The maximum Gasteiger partial charge on any atom is 0.124 e. The van der Waals surface area contributed by atoms with Gasteiger partial charge in [-0.2, -0.15) is 0 Å². The lowest BCUT2D eigenvalue weighted by Gasteiger charge is -2.10. The summed E-state index contributed by atoms with van der Waals surface area (Å²) < 4.78 is 15.4. The summed E-state index contributed by atoms with van der Waals surface area (Å²) in [6, 6.07) is 5.77. The zero-order valence-corrected chi connectivity index (χ0v) is 10.8. The highest BCUT2D eigenvalue weighted by molar-refractivity contribution is 5.53. The van der Waals surface area contributed by atoms with Crippen molar-refractivity contribution in [3.8, 4) is 11.5 Å². The molecule has 1 aromatic carbocycles. The monoisotopic (exact) mass is 239 g/mol. The highest BCUT2D eigenvalue weighted by Gasteiger charge is 2.00. The van der Waals surface area contributed by atoms with Crippen LogP contribution in [0.5, 0.6) is 11.5 Å². The molecule has 0 saturated heterocycles. The van der Waals surface area contributed by atoms with Gasteiger partial charge in [0.15, 0.2) is 0 Å². The minimum Gasteiger partial charge on any atom is -0.497 e. The van der Waals surface area contributed by atoms with Crippen LogP contribution >= 0.6 is 0 Å². The maximum atomic E-state index is 5.20. The third-order valence-corrected chi connectivity index (χ3v) is 2.46. The first-order chi connectivity index (χ1) is 8.30. The Kier molecular flexibility index (Phi) is 6.25. The Morgan fingerprint density at radius 2 is 1.59 bits per heavy atom. The fraction of sp³-hybridized carbons (Fsp3) is 0.538. The molecule has 17 heavy (non-hydrogen) atoms. The second-order valence-corrected chi connectivity index (χ2v) is 3.73. The summed E-state index contributed by atoms with van der Waals surface area (Å²) >= 11 is 0. The number of unbranched alkanes of at least 4 members (excludes halogenated alkanes) is 1. The van der Waals surface area contributed by atoms with Gasteiger partial charge in [-0.3, -0.25) is 0 Å². The standard InChI is InChI=1S/C13H21NO3/c1-15-7-5-4-6-14-11-8-12(16-2)10-13(9-11)17-3/h8-10,14H,4-7H2,1-3H3. The average Bonchev–Trinajstić information content (AvgIpc) is 2.38. The molecule has 0 fully saturated rings. The zero-order chi connectivity index (χ0) is 12.5. The Morgan fingerprint density at radius 1 is 0.941 bits per heavy atom. The summed E-state index contributed by atoms with van der Waals surface area (Å²) in [4.78, 5) is 0. The van der Waals surface area contributed by atoms with E-state index in [1.165, 1.54) is 0 Å². The molecular formula is C13H21NO3. The van der Waals surface area contributed by atoms with E-state index in [9.17, 15) is 0 Å². The molecule has 0 aromatic heterocycles. The summed E-state index contributed by atoms with van der Waals surface area (Å²) in [7, 11) is 5.02. The van der Waals surface area contributed by atoms with Crippen molar-refractivity contribution in [2.75, 3.05) is 39.8 Å². The fourth-order valence-corrected chi connectivity index (χ4v) is 1.51. The largest absolute Gasteiger partial charge is 0.497 e. The van der Waals surface area contributed by atoms with Crippen molar-refractivity contribution < 1.29 is 14.2 Å². The molecule has 1 aromatic rings. The van der Waals surface area contributed by atoms with E-state index >= 15 is 0 Å². The number of hydrogen-bond donors (Lipinski definition) is 1. The van der Waals surface area contributed by atoms with Crippen molar-refractivity contribution in [1.29, 1.82) is 0 Å². The van der Waals surface area contributed by atoms with Crippen molar-refractivity contribution in [3.05, 3.63) is 18.2 Å². The molecule has 0 bridgehead atoms. The van der Waals surface area contributed by atoms with Crippen LogP contribution in [0.1, 0.15) is 12.8 Å². The second-order valence-electron chi connectivity index (χ2n) is 3.73. The average molecular weight is 239 g/mol. The van der Waals surface area contributed by atoms with Crippen molar-refractivity contribution >= 4 is 5.69 Å². The van der Waals surface area contributed by atoms with Gasteiger partial charge in [-0.15, -0.1) is 0 Å². The molecule has 4 nitrogen and oxygen atoms in total. The van der Waals surface area contributed by atoms with Crippen LogP contribution in [0.15, 0.2) is 18.2 Å². The van der Waals surface area contributed by atoms with E-state index in [-0.39, 0.29) is 0 Å². The molecule has 0 aliphatic rings. The smallest absolute Gasteiger partial charge is 0.124 e. The van der Waals surface area contributed by atoms with Crippen LogP contribution in [0, 0.1) is 0 Å². The van der Waals surface area contributed by atoms with Gasteiger partial charge in [0.05, 0.1) is 14.2 Å². The Labute approximate surface area is 103 Å². The molecule has 1 rings (SSSR count). The van der Waals surface area contributed by atoms with Gasteiger partial charge in [0.25, 0.3) is 0 Å². The first kappa shape index (κ1) is 13.6. The summed E-state index contributed by atoms with van der Waals surface area (Å²) in [5.74, 6) is 1.59. The van der Waals surface area contributed by atoms with E-state index in [1.807, 2.05) is 18.2 Å². The molecule has 0 spiro atoms. The normalized spacial score (nSPS) is 10.1. The lowest BCUT2D eigenvalue weighted by molar-refractivity contribution is 0.194. The van der Waals surface area contributed by atoms with Crippen LogP contribution in [0.4, 0.5) is 5.69 Å². The number of methoxy groups -OCH3 is 3. The van der Waals surface area contributed by atoms with Gasteiger partial charge in [-0.25, -0.2) is 0 Å². The molecule has 0 saturated carbocycles. The predicted octanol–water partition coefficient (Wildman–Crippen LogP) is 2.54. The van der Waals surface area contributed by atoms with Crippen LogP contribution in [0.3, 0.4) is 0 Å². The van der Waals surface area contributed by atoms with Crippen molar-refractivity contribution in [3.63, 3.8) is 0 Å². The van der Waals surface area contributed by atoms with E-state index in [4.69, 9.17) is 14.2 Å². The van der Waals surface area contributed by atoms with Gasteiger partial charge >= 0.3 is 0 Å². The summed E-state index contributed by atoms with van der Waals surface area (Å²) in [5, 5.41) is 3.34. The fourth-order valence-electron chi connectivity index (χ4n) is 1.51. The first-order valence-corrected chi connectivity index (χ1v) is 5.76. The van der Waals surface area contributed by atoms with Crippen LogP contribution in [-0.4, -0.2) is 34.5 Å². The highest BCUT2D eigenvalue weighted by atomic mass is 16.5. The minimum absolute atomic E-state index is 0.795. The van der Waals surface area contributed by atoms with Gasteiger partial charge in [-0.1, -0.05) is 0 Å². The molecule has 0 unspecified atom stereocenters. The van der Waals surface area contributed by atoms with Crippen LogP contribution < -0.4 is 14.8 Å². The predicted molar refractivity (Wildman–Crippen MR) is 69.1 cm³/mol. The SMILES string of the molecule is COCCCCNc1cc(OC)cc(OC)c1. The Bertz CT molecular complexity index is 306. The maximum absolute atomic E-state index is 5.20. The molecule has 96 valence electrons. The summed E-state index contributed by atoms with van der Waals surface area (Å²) in [6.45, 7) is 1.72. The quantitative estimate of drug-likeness (QED) is 0.708. The molecule has 0 radical (unpaired) electrons. The van der Waals surface area contributed by atoms with Crippen molar-refractivity contribution in [1.82, 2.24) is 0 Å². The second kappa shape index (κ2) is 7.79. The van der Waals surface area contributed by atoms with Gasteiger partial charge in [0.2, 0.25) is 0 Å². The van der Waals surface area contributed by atoms with Crippen molar-refractivity contribution in [2.24, 2.45) is 0 Å². The third kappa shape index (κ3) is 4.95. The Morgan fingerprint density at radius 3 is 2.12 bits per heavy atom. The van der Waals surface area contributed by atoms with Gasteiger partial charge < -0.3 is 19.5 Å². The van der Waals surface area contributed by atoms with Gasteiger partial charge in [0, 0.05) is 44.1 Å². The number of nitrogens with one attached hydrogen (secondary N) is 1. The van der Waals surface area contributed by atoms with E-state index in [1.54, 1.807) is 21.3 Å². The molecule has 1 N–H and O–H groups in total. The lowest BCUT2D eigenvalue weighted by Crippen LogP contribution is -2.03. The third-order valence-electron chi connectivity index (χ3n) is 2.46. The number of benzene rings is 1. The number of ether oxygens (including phenoxy) is 3. The molecule has 0 heterocycles. The van der Waals surface area contributed by atoms with E-state index < -0.39 is 0 Å². The van der Waals surface area contributed by atoms with Crippen LogP contribution in [0.25, 0.3) is 0 Å². The summed E-state index contributed by atoms with van der Waals surface area (Å²) in [5.41, 5.74) is 1.01. The zero-order valence-electron chi connectivity index (χ0n) is 10.8. The number of rotatable bonds is 8. The van der Waals surface area contributed by atoms with Gasteiger partial charge in [-0.05, 0) is 12.8 Å². The van der Waals surface area contributed by atoms with Crippen molar-refractivity contribution in [2.45, 2.75) is 12.8 Å². The Hall–Kier alpha value is -1.42. The number of hydrogen-bond acceptors (Lipinski definition) is 4. The van der Waals surface area contributed by atoms with E-state index in [0.717, 1.165) is 43.2 Å². The van der Waals surface area contributed by atoms with E-state index in [2.05, 4.69) is 5.32 Å². The molecule has 0 aliphatic heterocycles. The molecule has 4 heteroatoms. The topological polar surface area (TPSA) is 39.7 Å². The molecule has 0 atom stereocenters. The van der Waals surface area contributed by atoms with Crippen LogP contribution in [-0.2, 0) is 4.74 Å². The Balaban J connectivity index is 2.46. The van der Waals surface area contributed by atoms with Gasteiger partial charge in [0.1, 0.15) is 11.5 Å². The number of anilines is 1. The van der Waals surface area contributed by atoms with E-state index in [0.29, 0.717) is 0 Å². The molecule has 0 aliphatic carbocycles. The highest BCUT2D eigenvalue weighted by Crippen LogP contribution is 2.25. The first-order valence-electron chi connectivity index (χ1n) is 5.76. The lowest BCUT2D eigenvalue weighted by atomic mass is 10.2. The van der Waals surface area contributed by atoms with Crippen LogP contribution in [0.2, 0.25) is 0 Å². The molecular weight excluding hydrogens is 218 g/mol. The molecule has 0 amide bonds. The summed E-state index contributed by atoms with van der Waals surface area (Å²) in [6.07, 6.45) is 2.14.